The van der Waals surface area contributed by atoms with Gasteiger partial charge < -0.3 is 5.11 Å². The maximum absolute atomic E-state index is 13.4. The molecule has 0 spiro atoms. The van der Waals surface area contributed by atoms with Crippen molar-refractivity contribution in [1.82, 2.24) is 9.13 Å². The first-order chi connectivity index (χ1) is 15.4. The molecule has 4 rings (SSSR count). The van der Waals surface area contributed by atoms with E-state index in [1.54, 1.807) is 54.6 Å². The number of hydrogen-bond donors (Lipinski definition) is 1. The Hall–Kier alpha value is -3.07. The van der Waals surface area contributed by atoms with Gasteiger partial charge in [-0.25, -0.2) is 0 Å². The molecule has 160 valence electrons. The molecule has 1 heterocycles. The van der Waals surface area contributed by atoms with E-state index in [0.29, 0.717) is 22.1 Å². The molecule has 32 heavy (non-hydrogen) atoms. The van der Waals surface area contributed by atoms with Crippen molar-refractivity contribution in [1.29, 1.82) is 0 Å². The second-order valence-corrected chi connectivity index (χ2v) is 8.59. The molecule has 0 unspecified atom stereocenters. The molecule has 0 saturated heterocycles. The topological polar surface area (TPSA) is 71.9 Å². The second-order valence-electron chi connectivity index (χ2n) is 6.87. The minimum atomic E-state index is -0.586. The minimum Gasteiger partial charge on any atom is -0.492 e. The lowest BCUT2D eigenvalue weighted by Gasteiger charge is -2.16. The summed E-state index contributed by atoms with van der Waals surface area (Å²) in [6.45, 7) is 1.88. The maximum atomic E-state index is 13.4. The quantitative estimate of drug-likeness (QED) is 0.225. The standard InChI is InChI=1S/C23H16BrClN4O2S/c1-14-4-2-3-5-19(14)26-27-20-21(30)28(17-10-6-15(24)7-11-17)23(32)29(22(20)31)18-12-8-16(25)9-13-18/h2-13,31H,1H3. The number of aromatic hydroxyl groups is 1. The molecule has 1 aromatic heterocycles. The Kier molecular flexibility index (Phi) is 6.36. The van der Waals surface area contributed by atoms with Gasteiger partial charge in [-0.05, 0) is 79.3 Å². The third-order valence-corrected chi connectivity index (χ3v) is 5.90. The molecule has 0 saturated carbocycles. The van der Waals surface area contributed by atoms with E-state index >= 15 is 0 Å². The summed E-state index contributed by atoms with van der Waals surface area (Å²) in [4.78, 5) is 13.4. The van der Waals surface area contributed by atoms with Gasteiger partial charge in [0.05, 0.1) is 17.1 Å². The maximum Gasteiger partial charge on any atom is 0.290 e. The number of azo groups is 1. The predicted octanol–water partition coefficient (Wildman–Crippen LogP) is 7.20. The van der Waals surface area contributed by atoms with Gasteiger partial charge in [0.2, 0.25) is 11.6 Å². The molecule has 0 aliphatic rings. The van der Waals surface area contributed by atoms with Gasteiger partial charge in [-0.1, -0.05) is 45.7 Å². The van der Waals surface area contributed by atoms with E-state index in [-0.39, 0.29) is 10.5 Å². The Balaban J connectivity index is 2.01. The number of rotatable bonds is 4. The van der Waals surface area contributed by atoms with Gasteiger partial charge in [0.1, 0.15) is 0 Å². The monoisotopic (exact) mass is 526 g/mol. The van der Waals surface area contributed by atoms with Crippen molar-refractivity contribution >= 4 is 51.1 Å². The van der Waals surface area contributed by atoms with Crippen LogP contribution in [0.25, 0.3) is 11.4 Å². The highest BCUT2D eigenvalue weighted by Crippen LogP contribution is 2.30. The first-order valence-electron chi connectivity index (χ1n) is 9.47. The van der Waals surface area contributed by atoms with Crippen LogP contribution in [-0.4, -0.2) is 14.2 Å². The number of hydrogen-bond acceptors (Lipinski definition) is 5. The molecule has 6 nitrogen and oxygen atoms in total. The van der Waals surface area contributed by atoms with Crippen LogP contribution in [0.5, 0.6) is 5.88 Å². The molecule has 0 amide bonds. The lowest BCUT2D eigenvalue weighted by atomic mass is 10.2. The summed E-state index contributed by atoms with van der Waals surface area (Å²) in [7, 11) is 0. The summed E-state index contributed by atoms with van der Waals surface area (Å²) < 4.78 is 3.60. The van der Waals surface area contributed by atoms with Gasteiger partial charge in [-0.2, -0.15) is 0 Å². The fourth-order valence-corrected chi connectivity index (χ4v) is 3.86. The van der Waals surface area contributed by atoms with Crippen molar-refractivity contribution in [3.8, 4) is 17.3 Å². The Labute approximate surface area is 202 Å². The summed E-state index contributed by atoms with van der Waals surface area (Å²) in [5.74, 6) is -0.409. The number of halogens is 2. The molecule has 0 radical (unpaired) electrons. The predicted molar refractivity (Wildman–Crippen MR) is 132 cm³/mol. The summed E-state index contributed by atoms with van der Waals surface area (Å²) in [5, 5.41) is 19.9. The molecule has 0 aliphatic carbocycles. The van der Waals surface area contributed by atoms with Crippen LogP contribution in [0.3, 0.4) is 0 Å². The molecule has 4 aromatic rings. The first-order valence-corrected chi connectivity index (χ1v) is 11.0. The van der Waals surface area contributed by atoms with Crippen LogP contribution in [0.1, 0.15) is 5.56 Å². The third-order valence-electron chi connectivity index (χ3n) is 4.75. The van der Waals surface area contributed by atoms with Crippen LogP contribution in [-0.2, 0) is 0 Å². The zero-order valence-corrected chi connectivity index (χ0v) is 19.9. The van der Waals surface area contributed by atoms with Crippen LogP contribution in [0.4, 0.5) is 11.4 Å². The summed E-state index contributed by atoms with van der Waals surface area (Å²) in [6, 6.07) is 21.2. The fraction of sp³-hybridized carbons (Fsp3) is 0.0435. The van der Waals surface area contributed by atoms with Crippen LogP contribution >= 0.6 is 39.7 Å². The van der Waals surface area contributed by atoms with Gasteiger partial charge >= 0.3 is 0 Å². The van der Waals surface area contributed by atoms with E-state index < -0.39 is 11.4 Å². The average Bonchev–Trinajstić information content (AvgIpc) is 2.77. The molecule has 1 N–H and O–H groups in total. The lowest BCUT2D eigenvalue weighted by Crippen LogP contribution is -2.23. The highest BCUT2D eigenvalue weighted by Gasteiger charge is 2.19. The van der Waals surface area contributed by atoms with Gasteiger partial charge in [0.15, 0.2) is 4.77 Å². The first kappa shape index (κ1) is 22.1. The number of aromatic nitrogens is 2. The molecule has 9 heteroatoms. The van der Waals surface area contributed by atoms with Crippen molar-refractivity contribution < 1.29 is 5.11 Å². The van der Waals surface area contributed by atoms with E-state index in [0.717, 1.165) is 10.0 Å². The average molecular weight is 528 g/mol. The minimum absolute atomic E-state index is 0.0759. The second kappa shape index (κ2) is 9.20. The normalized spacial score (nSPS) is 11.2. The zero-order chi connectivity index (χ0) is 22.8. The van der Waals surface area contributed by atoms with Gasteiger partial charge in [0, 0.05) is 9.50 Å². The van der Waals surface area contributed by atoms with Crippen molar-refractivity contribution in [2.24, 2.45) is 10.2 Å². The molecule has 0 fully saturated rings. The molecule has 0 atom stereocenters. The Morgan fingerprint density at radius 2 is 1.50 bits per heavy atom. The summed E-state index contributed by atoms with van der Waals surface area (Å²) in [6.07, 6.45) is 0. The SMILES string of the molecule is Cc1ccccc1N=Nc1c(O)n(-c2ccc(Cl)cc2)c(=S)n(-c2ccc(Br)cc2)c1=O. The third kappa shape index (κ3) is 4.29. The molecule has 0 aliphatic heterocycles. The van der Waals surface area contributed by atoms with Crippen LogP contribution in [0, 0.1) is 11.7 Å². The Morgan fingerprint density at radius 1 is 0.906 bits per heavy atom. The number of nitrogens with zero attached hydrogens (tertiary/aromatic N) is 4. The Morgan fingerprint density at radius 3 is 2.16 bits per heavy atom. The number of benzene rings is 3. The molecule has 3 aromatic carbocycles. The van der Waals surface area contributed by atoms with E-state index in [2.05, 4.69) is 26.2 Å². The number of aryl methyl sites for hydroxylation is 1. The molecular formula is C23H16BrClN4O2S. The summed E-state index contributed by atoms with van der Waals surface area (Å²) >= 11 is 15.0. The zero-order valence-electron chi connectivity index (χ0n) is 16.7. The highest BCUT2D eigenvalue weighted by atomic mass is 79.9. The van der Waals surface area contributed by atoms with Crippen molar-refractivity contribution in [2.75, 3.05) is 0 Å². The summed E-state index contributed by atoms with van der Waals surface area (Å²) in [5.41, 5.74) is 1.70. The van der Waals surface area contributed by atoms with Crippen molar-refractivity contribution in [3.05, 3.63) is 103 Å². The van der Waals surface area contributed by atoms with E-state index in [9.17, 15) is 9.90 Å². The van der Waals surface area contributed by atoms with E-state index in [1.807, 2.05) is 25.1 Å². The van der Waals surface area contributed by atoms with Crippen LogP contribution in [0.15, 0.2) is 92.3 Å². The Bertz CT molecular complexity index is 1450. The van der Waals surface area contributed by atoms with Crippen molar-refractivity contribution in [2.45, 2.75) is 6.92 Å². The van der Waals surface area contributed by atoms with E-state index in [1.165, 1.54) is 9.13 Å². The molecular weight excluding hydrogens is 512 g/mol. The molecule has 0 bridgehead atoms. The largest absolute Gasteiger partial charge is 0.492 e. The van der Waals surface area contributed by atoms with Crippen molar-refractivity contribution in [3.63, 3.8) is 0 Å². The van der Waals surface area contributed by atoms with E-state index in [4.69, 9.17) is 23.8 Å². The van der Waals surface area contributed by atoms with Crippen LogP contribution < -0.4 is 5.56 Å². The lowest BCUT2D eigenvalue weighted by molar-refractivity contribution is 0.432. The van der Waals surface area contributed by atoms with Gasteiger partial charge in [0.25, 0.3) is 5.56 Å². The smallest absolute Gasteiger partial charge is 0.290 e. The fourth-order valence-electron chi connectivity index (χ4n) is 3.09. The van der Waals surface area contributed by atoms with Gasteiger partial charge in [-0.15, -0.1) is 10.2 Å². The van der Waals surface area contributed by atoms with Gasteiger partial charge in [-0.3, -0.25) is 13.9 Å². The highest BCUT2D eigenvalue weighted by molar-refractivity contribution is 9.10. The van der Waals surface area contributed by atoms with Crippen LogP contribution in [0.2, 0.25) is 5.02 Å².